The molecule has 0 saturated heterocycles. The van der Waals surface area contributed by atoms with Crippen LogP contribution in [-0.4, -0.2) is 13.1 Å². The van der Waals surface area contributed by atoms with E-state index < -0.39 is 0 Å². The summed E-state index contributed by atoms with van der Waals surface area (Å²) in [5, 5.41) is 0. The number of ether oxygens (including phenoxy) is 1. The monoisotopic (exact) mass is 240 g/mol. The maximum absolute atomic E-state index is 9.59. The van der Waals surface area contributed by atoms with Crippen molar-refractivity contribution in [2.75, 3.05) is 7.11 Å². The Hall–Kier alpha value is -0.530. The van der Waals surface area contributed by atoms with Crippen molar-refractivity contribution in [3.63, 3.8) is 0 Å². The van der Waals surface area contributed by atoms with Gasteiger partial charge in [-0.05, 0) is 62.2 Å². The van der Waals surface area contributed by atoms with Crippen molar-refractivity contribution in [1.82, 2.24) is 0 Å². The van der Waals surface area contributed by atoms with Gasteiger partial charge in [0.2, 0.25) is 0 Å². The highest BCUT2D eigenvalue weighted by Gasteiger charge is 2.41. The highest BCUT2D eigenvalue weighted by molar-refractivity contribution is 5.65. The van der Waals surface area contributed by atoms with Crippen LogP contribution in [0.5, 0.6) is 0 Å². The van der Waals surface area contributed by atoms with Crippen molar-refractivity contribution < 1.29 is 9.53 Å². The molecule has 2 heteroatoms. The van der Waals surface area contributed by atoms with E-state index in [-0.39, 0.29) is 5.97 Å². The summed E-state index contributed by atoms with van der Waals surface area (Å²) in [6, 6.07) is 0. The lowest BCUT2D eigenvalue weighted by atomic mass is 9.56. The smallest absolute Gasteiger partial charge is 0.302 e. The maximum atomic E-state index is 9.59. The third-order valence-electron chi connectivity index (χ3n) is 4.29. The van der Waals surface area contributed by atoms with E-state index in [4.69, 9.17) is 0 Å². The maximum Gasteiger partial charge on any atom is 0.302 e. The molecule has 4 saturated carbocycles. The number of carbonyl (C=O) groups excluding carboxylic acids is 1. The molecule has 0 aromatic heterocycles. The Morgan fingerprint density at radius 1 is 0.824 bits per heavy atom. The third kappa shape index (κ3) is 4.33. The largest absolute Gasteiger partial charge is 0.469 e. The molecule has 0 spiro atoms. The Kier molecular flexibility index (Phi) is 6.01. The highest BCUT2D eigenvalue weighted by Crippen LogP contribution is 2.53. The summed E-state index contributed by atoms with van der Waals surface area (Å²) in [6.45, 7) is 5.36. The molecular weight excluding hydrogens is 212 g/mol. The summed E-state index contributed by atoms with van der Waals surface area (Å²) in [7, 11) is 1.35. The molecular formula is C15H28O2. The Bertz CT molecular complexity index is 179. The van der Waals surface area contributed by atoms with Crippen LogP contribution in [0.3, 0.4) is 0 Å². The van der Waals surface area contributed by atoms with Gasteiger partial charge in [-0.2, -0.15) is 0 Å². The first-order chi connectivity index (χ1) is 8.17. The predicted molar refractivity (Wildman–Crippen MR) is 70.7 cm³/mol. The molecule has 0 aromatic carbocycles. The van der Waals surface area contributed by atoms with Crippen LogP contribution in [0.2, 0.25) is 0 Å². The quantitative estimate of drug-likeness (QED) is 0.597. The Balaban J connectivity index is 0.000000180. The Morgan fingerprint density at radius 3 is 1.12 bits per heavy atom. The van der Waals surface area contributed by atoms with Crippen molar-refractivity contribution in [1.29, 1.82) is 0 Å². The average Bonchev–Trinajstić information content (AvgIpc) is 2.30. The fraction of sp³-hybridized carbons (Fsp3) is 0.933. The van der Waals surface area contributed by atoms with Crippen LogP contribution in [0.25, 0.3) is 0 Å². The molecule has 4 fully saturated rings. The summed E-state index contributed by atoms with van der Waals surface area (Å²) >= 11 is 0. The van der Waals surface area contributed by atoms with Gasteiger partial charge in [0.1, 0.15) is 0 Å². The van der Waals surface area contributed by atoms with Crippen LogP contribution >= 0.6 is 0 Å². The lowest BCUT2D eigenvalue weighted by Crippen LogP contribution is -2.38. The summed E-state index contributed by atoms with van der Waals surface area (Å²) in [6.07, 6.45) is 9.62. The second kappa shape index (κ2) is 7.03. The molecule has 4 aliphatic carbocycles. The first-order valence-corrected chi connectivity index (χ1v) is 7.22. The van der Waals surface area contributed by atoms with Crippen molar-refractivity contribution in [2.45, 2.75) is 59.3 Å². The predicted octanol–water partition coefficient (Wildman–Crippen LogP) is 4.04. The zero-order valence-electron chi connectivity index (χ0n) is 11.9. The fourth-order valence-corrected chi connectivity index (χ4v) is 3.98. The summed E-state index contributed by atoms with van der Waals surface area (Å²) < 4.78 is 4.11. The number of esters is 1. The van der Waals surface area contributed by atoms with Gasteiger partial charge in [-0.3, -0.25) is 4.79 Å². The van der Waals surface area contributed by atoms with Crippen LogP contribution in [0, 0.1) is 23.7 Å². The molecule has 0 aromatic rings. The summed E-state index contributed by atoms with van der Waals surface area (Å²) in [4.78, 5) is 9.59. The minimum absolute atomic E-state index is 0.245. The van der Waals surface area contributed by atoms with Crippen molar-refractivity contribution in [3.8, 4) is 0 Å². The Labute approximate surface area is 106 Å². The molecule has 4 bridgehead atoms. The molecule has 0 heterocycles. The van der Waals surface area contributed by atoms with Gasteiger partial charge in [-0.1, -0.05) is 13.8 Å². The van der Waals surface area contributed by atoms with Crippen molar-refractivity contribution in [3.05, 3.63) is 0 Å². The zero-order chi connectivity index (χ0) is 12.8. The van der Waals surface area contributed by atoms with E-state index in [1.54, 1.807) is 38.5 Å². The van der Waals surface area contributed by atoms with Gasteiger partial charge < -0.3 is 4.74 Å². The molecule has 2 nitrogen and oxygen atoms in total. The lowest BCUT2D eigenvalue weighted by Gasteiger charge is -2.49. The number of rotatable bonds is 0. The van der Waals surface area contributed by atoms with E-state index in [2.05, 4.69) is 4.74 Å². The molecule has 0 amide bonds. The van der Waals surface area contributed by atoms with Crippen LogP contribution < -0.4 is 0 Å². The molecule has 0 unspecified atom stereocenters. The summed E-state index contributed by atoms with van der Waals surface area (Å²) in [5.74, 6) is 4.46. The van der Waals surface area contributed by atoms with E-state index in [1.165, 1.54) is 37.7 Å². The first kappa shape index (κ1) is 14.5. The fourth-order valence-electron chi connectivity index (χ4n) is 3.98. The second-order valence-electron chi connectivity index (χ2n) is 5.57. The van der Waals surface area contributed by atoms with E-state index in [0.717, 1.165) is 0 Å². The molecule has 4 aliphatic rings. The van der Waals surface area contributed by atoms with Gasteiger partial charge in [-0.15, -0.1) is 0 Å². The summed E-state index contributed by atoms with van der Waals surface area (Å²) in [5.41, 5.74) is 0. The zero-order valence-corrected chi connectivity index (χ0v) is 11.9. The first-order valence-electron chi connectivity index (χ1n) is 7.22. The third-order valence-corrected chi connectivity index (χ3v) is 4.29. The van der Waals surface area contributed by atoms with Gasteiger partial charge in [0.25, 0.3) is 0 Å². The van der Waals surface area contributed by atoms with Crippen LogP contribution in [0.15, 0.2) is 0 Å². The normalized spacial score (nSPS) is 36.2. The highest BCUT2D eigenvalue weighted by atomic mass is 16.5. The number of hydrogen-bond acceptors (Lipinski definition) is 2. The van der Waals surface area contributed by atoms with Crippen LogP contribution in [0.1, 0.15) is 59.3 Å². The standard InChI is InChI=1S/C10H16.C3H6O2.C2H6/c1-7-2-9-4-8(1)5-10(3-7)6-9;1-3(4)5-2;1-2/h7-10H,1-6H2;1-2H3;1-2H3. The van der Waals surface area contributed by atoms with Gasteiger partial charge in [0, 0.05) is 6.92 Å². The molecule has 0 aliphatic heterocycles. The van der Waals surface area contributed by atoms with E-state index in [9.17, 15) is 4.79 Å². The number of methoxy groups -OCH3 is 1. The average molecular weight is 240 g/mol. The topological polar surface area (TPSA) is 26.3 Å². The molecule has 100 valence electrons. The van der Waals surface area contributed by atoms with Crippen LogP contribution in [-0.2, 0) is 9.53 Å². The number of carbonyl (C=O) groups is 1. The molecule has 4 rings (SSSR count). The number of hydrogen-bond donors (Lipinski definition) is 0. The van der Waals surface area contributed by atoms with Crippen LogP contribution in [0.4, 0.5) is 0 Å². The van der Waals surface area contributed by atoms with E-state index in [1.807, 2.05) is 13.8 Å². The SMILES string of the molecule is C1C2CC3CC1CC(C2)C3.CC.COC(C)=O. The van der Waals surface area contributed by atoms with Gasteiger partial charge in [0.15, 0.2) is 0 Å². The van der Waals surface area contributed by atoms with Crippen molar-refractivity contribution in [2.24, 2.45) is 23.7 Å². The minimum Gasteiger partial charge on any atom is -0.469 e. The molecule has 0 radical (unpaired) electrons. The van der Waals surface area contributed by atoms with E-state index in [0.29, 0.717) is 0 Å². The Morgan fingerprint density at radius 2 is 1.00 bits per heavy atom. The van der Waals surface area contributed by atoms with Gasteiger partial charge >= 0.3 is 5.97 Å². The molecule has 17 heavy (non-hydrogen) atoms. The molecule has 0 N–H and O–H groups in total. The van der Waals surface area contributed by atoms with Gasteiger partial charge in [-0.25, -0.2) is 0 Å². The second-order valence-corrected chi connectivity index (χ2v) is 5.57. The molecule has 0 atom stereocenters. The lowest BCUT2D eigenvalue weighted by molar-refractivity contribution is -0.137. The van der Waals surface area contributed by atoms with Gasteiger partial charge in [0.05, 0.1) is 7.11 Å². The van der Waals surface area contributed by atoms with Crippen molar-refractivity contribution >= 4 is 5.97 Å². The van der Waals surface area contributed by atoms with E-state index >= 15 is 0 Å². The minimum atomic E-state index is -0.245.